The number of para-hydroxylation sites is 1. The molecule has 11 heteroatoms. The number of carbonyl (C=O) groups is 4. The second kappa shape index (κ2) is 11.0. The molecular weight excluding hydrogens is 538 g/mol. The number of piperazine rings is 1. The first-order valence-corrected chi connectivity index (χ1v) is 12.4. The quantitative estimate of drug-likeness (QED) is 0.515. The van der Waals surface area contributed by atoms with E-state index in [1.54, 1.807) is 23.1 Å². The second-order valence-corrected chi connectivity index (χ2v) is 9.74. The van der Waals surface area contributed by atoms with Crippen molar-refractivity contribution >= 4 is 62.5 Å². The number of aliphatic carboxylic acids is 1. The Labute approximate surface area is 214 Å². The molecule has 2 heterocycles. The average Bonchev–Trinajstić information content (AvgIpc) is 3.11. The smallest absolute Gasteiger partial charge is 0.341 e. The first kappa shape index (κ1) is 24.8. The first-order valence-electron chi connectivity index (χ1n) is 10.8. The zero-order valence-electron chi connectivity index (χ0n) is 18.6. The molecule has 2 aromatic rings. The first-order chi connectivity index (χ1) is 16.8. The Balaban J connectivity index is 1.40. The van der Waals surface area contributed by atoms with Crippen molar-refractivity contribution in [1.82, 2.24) is 9.80 Å². The number of anilines is 1. The maximum atomic E-state index is 12.9. The highest BCUT2D eigenvalue weighted by Gasteiger charge is 2.37. The van der Waals surface area contributed by atoms with Crippen molar-refractivity contribution < 1.29 is 29.0 Å². The Bertz CT molecular complexity index is 1180. The number of carbonyl (C=O) groups excluding carboxylic acids is 3. The summed E-state index contributed by atoms with van der Waals surface area (Å²) >= 11 is 4.07. The van der Waals surface area contributed by atoms with E-state index in [1.807, 2.05) is 30.3 Å². The number of rotatable bonds is 7. The molecule has 4 rings (SSSR count). The third-order valence-electron chi connectivity index (χ3n) is 5.53. The fourth-order valence-electron chi connectivity index (χ4n) is 3.77. The molecule has 0 radical (unpaired) electrons. The Kier molecular flexibility index (Phi) is 7.76. The predicted octanol–water partition coefficient (Wildman–Crippen LogP) is 3.30. The summed E-state index contributed by atoms with van der Waals surface area (Å²) in [6.45, 7) is 1.47. The normalized spacial score (nSPS) is 17.3. The molecule has 2 fully saturated rings. The van der Waals surface area contributed by atoms with Crippen LogP contribution in [-0.2, 0) is 14.4 Å². The molecule has 2 aliphatic rings. The summed E-state index contributed by atoms with van der Waals surface area (Å²) in [7, 11) is 0. The van der Waals surface area contributed by atoms with Crippen molar-refractivity contribution in [2.24, 2.45) is 0 Å². The summed E-state index contributed by atoms with van der Waals surface area (Å²) in [4.78, 5) is 54.1. The number of amides is 3. The van der Waals surface area contributed by atoms with Gasteiger partial charge in [0, 0.05) is 41.9 Å². The Morgan fingerprint density at radius 3 is 2.46 bits per heavy atom. The molecule has 3 amide bonds. The van der Waals surface area contributed by atoms with Crippen molar-refractivity contribution in [2.45, 2.75) is 0 Å². The number of nitrogens with zero attached hydrogens (tertiary/aromatic N) is 3. The van der Waals surface area contributed by atoms with E-state index in [0.717, 1.165) is 22.3 Å². The van der Waals surface area contributed by atoms with Crippen LogP contribution in [0.1, 0.15) is 5.56 Å². The number of ether oxygens (including phenoxy) is 1. The summed E-state index contributed by atoms with van der Waals surface area (Å²) in [5, 5.41) is 8.35. The molecule has 0 atom stereocenters. The van der Waals surface area contributed by atoms with Gasteiger partial charge in [-0.3, -0.25) is 19.3 Å². The van der Waals surface area contributed by atoms with Crippen LogP contribution in [0.4, 0.5) is 10.5 Å². The molecular formula is C24H22BrN3O6S. The molecule has 0 unspecified atom stereocenters. The van der Waals surface area contributed by atoms with Gasteiger partial charge in [0.1, 0.15) is 12.3 Å². The van der Waals surface area contributed by atoms with E-state index in [-0.39, 0.29) is 23.1 Å². The van der Waals surface area contributed by atoms with Gasteiger partial charge in [-0.05, 0) is 48.2 Å². The van der Waals surface area contributed by atoms with E-state index in [2.05, 4.69) is 20.8 Å². The molecule has 0 aliphatic carbocycles. The van der Waals surface area contributed by atoms with Gasteiger partial charge in [0.15, 0.2) is 6.61 Å². The summed E-state index contributed by atoms with van der Waals surface area (Å²) < 4.78 is 5.98. The molecule has 0 aromatic heterocycles. The minimum absolute atomic E-state index is 0.134. The van der Waals surface area contributed by atoms with E-state index < -0.39 is 23.7 Å². The van der Waals surface area contributed by atoms with E-state index in [9.17, 15) is 19.2 Å². The Hall–Kier alpha value is -3.31. The topological polar surface area (TPSA) is 107 Å². The largest absolute Gasteiger partial charge is 0.481 e. The van der Waals surface area contributed by atoms with Gasteiger partial charge in [-0.25, -0.2) is 4.79 Å². The number of hydrogen-bond acceptors (Lipinski definition) is 7. The van der Waals surface area contributed by atoms with Gasteiger partial charge < -0.3 is 19.6 Å². The highest BCUT2D eigenvalue weighted by atomic mass is 79.9. The summed E-state index contributed by atoms with van der Waals surface area (Å²) in [5.74, 6) is -1.73. The van der Waals surface area contributed by atoms with Crippen molar-refractivity contribution in [1.29, 1.82) is 0 Å². The average molecular weight is 560 g/mol. The fraction of sp³-hybridized carbons (Fsp3) is 0.250. The van der Waals surface area contributed by atoms with Crippen molar-refractivity contribution in [2.75, 3.05) is 44.2 Å². The van der Waals surface area contributed by atoms with Crippen LogP contribution in [0.2, 0.25) is 0 Å². The van der Waals surface area contributed by atoms with Crippen LogP contribution in [0.15, 0.2) is 57.9 Å². The number of benzene rings is 2. The Morgan fingerprint density at radius 1 is 1.06 bits per heavy atom. The lowest BCUT2D eigenvalue weighted by Crippen LogP contribution is -2.51. The molecule has 2 saturated heterocycles. The Morgan fingerprint density at radius 2 is 1.77 bits per heavy atom. The van der Waals surface area contributed by atoms with Crippen molar-refractivity contribution in [3.05, 3.63) is 63.5 Å². The number of hydrogen-bond donors (Lipinski definition) is 1. The summed E-state index contributed by atoms with van der Waals surface area (Å²) in [5.41, 5.74) is 1.53. The zero-order chi connectivity index (χ0) is 24.9. The van der Waals surface area contributed by atoms with E-state index in [0.29, 0.717) is 36.2 Å². The third-order valence-corrected chi connectivity index (χ3v) is 6.93. The standard InChI is InChI=1S/C24H22BrN3O6S/c25-17-6-7-19(34-15-22(30)31)16(12-17)13-20-23(32)28(24(33)35-20)14-21(29)27-10-8-26(9-11-27)18-4-2-1-3-5-18/h1-7,12-13H,8-11,14-15H2,(H,30,31)/b20-13+. The monoisotopic (exact) mass is 559 g/mol. The van der Waals surface area contributed by atoms with Crippen LogP contribution < -0.4 is 9.64 Å². The molecule has 0 bridgehead atoms. The zero-order valence-corrected chi connectivity index (χ0v) is 21.0. The highest BCUT2D eigenvalue weighted by Crippen LogP contribution is 2.35. The van der Waals surface area contributed by atoms with Gasteiger partial charge in [0.25, 0.3) is 11.1 Å². The van der Waals surface area contributed by atoms with Gasteiger partial charge in [-0.2, -0.15) is 0 Å². The summed E-state index contributed by atoms with van der Waals surface area (Å²) in [6.07, 6.45) is 1.47. The number of carboxylic acid groups (broad SMARTS) is 1. The van der Waals surface area contributed by atoms with E-state index >= 15 is 0 Å². The molecule has 2 aliphatic heterocycles. The van der Waals surface area contributed by atoms with Gasteiger partial charge in [-0.15, -0.1) is 0 Å². The molecule has 0 saturated carbocycles. The minimum Gasteiger partial charge on any atom is -0.481 e. The van der Waals surface area contributed by atoms with Crippen LogP contribution in [0.5, 0.6) is 5.75 Å². The van der Waals surface area contributed by atoms with E-state index in [4.69, 9.17) is 9.84 Å². The number of carboxylic acids is 1. The number of thioether (sulfide) groups is 1. The van der Waals surface area contributed by atoms with Crippen LogP contribution in [-0.4, -0.2) is 77.3 Å². The minimum atomic E-state index is -1.14. The van der Waals surface area contributed by atoms with Crippen LogP contribution in [0.25, 0.3) is 6.08 Å². The molecule has 9 nitrogen and oxygen atoms in total. The van der Waals surface area contributed by atoms with Gasteiger partial charge in [0.05, 0.1) is 4.91 Å². The predicted molar refractivity (Wildman–Crippen MR) is 135 cm³/mol. The van der Waals surface area contributed by atoms with Gasteiger partial charge >= 0.3 is 5.97 Å². The van der Waals surface area contributed by atoms with Crippen LogP contribution in [0.3, 0.4) is 0 Å². The van der Waals surface area contributed by atoms with Crippen molar-refractivity contribution in [3.8, 4) is 5.75 Å². The molecule has 35 heavy (non-hydrogen) atoms. The maximum Gasteiger partial charge on any atom is 0.341 e. The fourth-order valence-corrected chi connectivity index (χ4v) is 4.98. The lowest BCUT2D eigenvalue weighted by molar-refractivity contribution is -0.139. The van der Waals surface area contributed by atoms with Crippen LogP contribution >= 0.6 is 27.7 Å². The third kappa shape index (κ3) is 6.04. The van der Waals surface area contributed by atoms with Gasteiger partial charge in [-0.1, -0.05) is 34.1 Å². The molecule has 1 N–H and O–H groups in total. The van der Waals surface area contributed by atoms with Crippen LogP contribution in [0, 0.1) is 0 Å². The molecule has 2 aromatic carbocycles. The lowest BCUT2D eigenvalue weighted by Gasteiger charge is -2.36. The molecule has 182 valence electrons. The maximum absolute atomic E-state index is 12.9. The van der Waals surface area contributed by atoms with Gasteiger partial charge in [0.2, 0.25) is 5.91 Å². The number of halogens is 1. The van der Waals surface area contributed by atoms with Crippen molar-refractivity contribution in [3.63, 3.8) is 0 Å². The van der Waals surface area contributed by atoms with E-state index in [1.165, 1.54) is 6.08 Å². The second-order valence-electron chi connectivity index (χ2n) is 7.84. The SMILES string of the molecule is O=C(O)COc1ccc(Br)cc1/C=C1/SC(=O)N(CC(=O)N2CCN(c3ccccc3)CC2)C1=O. The highest BCUT2D eigenvalue weighted by molar-refractivity contribution is 9.10. The number of imide groups is 1. The summed E-state index contributed by atoms with van der Waals surface area (Å²) in [6, 6.07) is 14.8. The molecule has 0 spiro atoms. The lowest BCUT2D eigenvalue weighted by atomic mass is 10.2.